The Morgan fingerprint density at radius 2 is 1.74 bits per heavy atom. The number of hydrogen-bond donors (Lipinski definition) is 1. The van der Waals surface area contributed by atoms with E-state index in [2.05, 4.69) is 5.32 Å². The van der Waals surface area contributed by atoms with Crippen molar-refractivity contribution in [2.24, 2.45) is 0 Å². The quantitative estimate of drug-likeness (QED) is 0.856. The lowest BCUT2D eigenvalue weighted by Crippen LogP contribution is -2.39. The summed E-state index contributed by atoms with van der Waals surface area (Å²) in [6.07, 6.45) is 0. The standard InChI is InChI=1S/C19H23FN2O/c1-13(2)22(12-16-9-6-10-17(20)11-16)19(23)21-18-14(3)7-5-8-15(18)4/h5-11,13H,12H2,1-4H3,(H,21,23). The van der Waals surface area contributed by atoms with Gasteiger partial charge < -0.3 is 10.2 Å². The Kier molecular flexibility index (Phi) is 5.37. The number of para-hydroxylation sites is 1. The first-order valence-electron chi connectivity index (χ1n) is 7.76. The van der Waals surface area contributed by atoms with Gasteiger partial charge in [-0.3, -0.25) is 0 Å². The number of rotatable bonds is 4. The molecule has 0 saturated carbocycles. The first-order valence-corrected chi connectivity index (χ1v) is 7.76. The summed E-state index contributed by atoms with van der Waals surface area (Å²) in [7, 11) is 0. The van der Waals surface area contributed by atoms with Crippen molar-refractivity contribution in [1.82, 2.24) is 4.90 Å². The first-order chi connectivity index (χ1) is 10.9. The van der Waals surface area contributed by atoms with Crippen molar-refractivity contribution in [2.45, 2.75) is 40.3 Å². The van der Waals surface area contributed by atoms with Crippen molar-refractivity contribution in [2.75, 3.05) is 5.32 Å². The largest absolute Gasteiger partial charge is 0.322 e. The van der Waals surface area contributed by atoms with Crippen molar-refractivity contribution in [3.05, 3.63) is 65.0 Å². The van der Waals surface area contributed by atoms with E-state index in [9.17, 15) is 9.18 Å². The molecular weight excluding hydrogens is 291 g/mol. The maximum Gasteiger partial charge on any atom is 0.322 e. The third-order valence-corrected chi connectivity index (χ3v) is 3.84. The Morgan fingerprint density at radius 3 is 2.30 bits per heavy atom. The number of benzene rings is 2. The van der Waals surface area contributed by atoms with E-state index in [1.807, 2.05) is 52.0 Å². The molecule has 0 atom stereocenters. The van der Waals surface area contributed by atoms with Gasteiger partial charge >= 0.3 is 6.03 Å². The summed E-state index contributed by atoms with van der Waals surface area (Å²) in [5.74, 6) is -0.290. The highest BCUT2D eigenvalue weighted by molar-refractivity contribution is 5.91. The van der Waals surface area contributed by atoms with Crippen LogP contribution in [0.1, 0.15) is 30.5 Å². The molecule has 0 aliphatic carbocycles. The number of anilines is 1. The average molecular weight is 314 g/mol. The van der Waals surface area contributed by atoms with Crippen LogP contribution in [0.2, 0.25) is 0 Å². The third-order valence-electron chi connectivity index (χ3n) is 3.84. The topological polar surface area (TPSA) is 32.3 Å². The molecule has 0 radical (unpaired) electrons. The zero-order valence-electron chi connectivity index (χ0n) is 14.1. The van der Waals surface area contributed by atoms with E-state index in [4.69, 9.17) is 0 Å². The van der Waals surface area contributed by atoms with E-state index in [1.165, 1.54) is 12.1 Å². The molecule has 0 fully saturated rings. The molecule has 2 rings (SSSR count). The Balaban J connectivity index is 2.19. The second kappa shape index (κ2) is 7.27. The van der Waals surface area contributed by atoms with E-state index < -0.39 is 0 Å². The Morgan fingerprint density at radius 1 is 1.13 bits per heavy atom. The zero-order valence-corrected chi connectivity index (χ0v) is 14.1. The molecule has 122 valence electrons. The molecule has 2 aromatic rings. The van der Waals surface area contributed by atoms with E-state index in [-0.39, 0.29) is 17.9 Å². The molecule has 3 nitrogen and oxygen atoms in total. The van der Waals surface area contributed by atoms with Gasteiger partial charge in [0.2, 0.25) is 0 Å². The number of nitrogens with one attached hydrogen (secondary N) is 1. The van der Waals surface area contributed by atoms with Crippen LogP contribution in [-0.4, -0.2) is 17.0 Å². The Labute approximate surface area is 137 Å². The normalized spacial score (nSPS) is 10.7. The van der Waals surface area contributed by atoms with Gasteiger partial charge in [0, 0.05) is 18.3 Å². The molecular formula is C19H23FN2O. The number of urea groups is 1. The molecule has 0 aromatic heterocycles. The summed E-state index contributed by atoms with van der Waals surface area (Å²) in [5.41, 5.74) is 3.65. The summed E-state index contributed by atoms with van der Waals surface area (Å²) < 4.78 is 13.4. The molecule has 0 unspecified atom stereocenters. The minimum atomic E-state index is -0.290. The molecule has 23 heavy (non-hydrogen) atoms. The van der Waals surface area contributed by atoms with E-state index in [0.29, 0.717) is 6.54 Å². The van der Waals surface area contributed by atoms with Crippen molar-refractivity contribution in [3.63, 3.8) is 0 Å². The second-order valence-corrected chi connectivity index (χ2v) is 6.05. The second-order valence-electron chi connectivity index (χ2n) is 6.05. The highest BCUT2D eigenvalue weighted by Crippen LogP contribution is 2.21. The summed E-state index contributed by atoms with van der Waals surface area (Å²) in [5, 5.41) is 2.99. The Bertz CT molecular complexity index is 677. The highest BCUT2D eigenvalue weighted by Gasteiger charge is 2.19. The van der Waals surface area contributed by atoms with Crippen LogP contribution in [0.5, 0.6) is 0 Å². The van der Waals surface area contributed by atoms with Crippen LogP contribution in [0.3, 0.4) is 0 Å². The van der Waals surface area contributed by atoms with Gasteiger partial charge in [-0.1, -0.05) is 30.3 Å². The fourth-order valence-corrected chi connectivity index (χ4v) is 2.51. The van der Waals surface area contributed by atoms with Gasteiger partial charge in [-0.05, 0) is 56.5 Å². The number of carbonyl (C=O) groups is 1. The molecule has 2 aromatic carbocycles. The molecule has 0 saturated heterocycles. The van der Waals surface area contributed by atoms with Crippen LogP contribution >= 0.6 is 0 Å². The molecule has 2 amide bonds. The lowest BCUT2D eigenvalue weighted by Gasteiger charge is -2.28. The fourth-order valence-electron chi connectivity index (χ4n) is 2.51. The lowest BCUT2D eigenvalue weighted by atomic mass is 10.1. The van der Waals surface area contributed by atoms with Gasteiger partial charge in [-0.15, -0.1) is 0 Å². The summed E-state index contributed by atoms with van der Waals surface area (Å²) in [6.45, 7) is 8.20. The van der Waals surface area contributed by atoms with Crippen LogP contribution < -0.4 is 5.32 Å². The van der Waals surface area contributed by atoms with Crippen LogP contribution in [-0.2, 0) is 6.54 Å². The molecule has 1 N–H and O–H groups in total. The van der Waals surface area contributed by atoms with Crippen LogP contribution in [0.4, 0.5) is 14.9 Å². The van der Waals surface area contributed by atoms with Crippen LogP contribution in [0.25, 0.3) is 0 Å². The van der Waals surface area contributed by atoms with Gasteiger partial charge in [0.25, 0.3) is 0 Å². The summed E-state index contributed by atoms with van der Waals surface area (Å²) in [6, 6.07) is 12.1. The van der Waals surface area contributed by atoms with Gasteiger partial charge in [0.15, 0.2) is 0 Å². The monoisotopic (exact) mass is 314 g/mol. The molecule has 0 aliphatic heterocycles. The van der Waals surface area contributed by atoms with Crippen molar-refractivity contribution >= 4 is 11.7 Å². The fraction of sp³-hybridized carbons (Fsp3) is 0.316. The number of aryl methyl sites for hydroxylation is 2. The third kappa shape index (κ3) is 4.31. The van der Waals surface area contributed by atoms with Crippen LogP contribution in [0, 0.1) is 19.7 Å². The van der Waals surface area contributed by atoms with Gasteiger partial charge in [0.1, 0.15) is 5.82 Å². The minimum Gasteiger partial charge on any atom is -0.318 e. The molecule has 4 heteroatoms. The predicted octanol–water partition coefficient (Wildman–Crippen LogP) is 4.89. The molecule has 0 bridgehead atoms. The number of hydrogen-bond acceptors (Lipinski definition) is 1. The first kappa shape index (κ1) is 17.0. The minimum absolute atomic E-state index is 0.00240. The van der Waals surface area contributed by atoms with Gasteiger partial charge in [0.05, 0.1) is 0 Å². The lowest BCUT2D eigenvalue weighted by molar-refractivity contribution is 0.193. The number of nitrogens with zero attached hydrogens (tertiary/aromatic N) is 1. The van der Waals surface area contributed by atoms with E-state index in [0.717, 1.165) is 22.4 Å². The number of amides is 2. The van der Waals surface area contributed by atoms with Crippen molar-refractivity contribution < 1.29 is 9.18 Å². The predicted molar refractivity (Wildman–Crippen MR) is 92.0 cm³/mol. The molecule has 0 spiro atoms. The van der Waals surface area contributed by atoms with Gasteiger partial charge in [-0.25, -0.2) is 9.18 Å². The van der Waals surface area contributed by atoms with Gasteiger partial charge in [-0.2, -0.15) is 0 Å². The SMILES string of the molecule is Cc1cccc(C)c1NC(=O)N(Cc1cccc(F)c1)C(C)C. The number of halogens is 1. The summed E-state index contributed by atoms with van der Waals surface area (Å²) >= 11 is 0. The Hall–Kier alpha value is -2.36. The number of carbonyl (C=O) groups excluding carboxylic acids is 1. The van der Waals surface area contributed by atoms with E-state index in [1.54, 1.807) is 11.0 Å². The van der Waals surface area contributed by atoms with E-state index >= 15 is 0 Å². The molecule has 0 heterocycles. The van der Waals surface area contributed by atoms with Crippen molar-refractivity contribution in [1.29, 1.82) is 0 Å². The smallest absolute Gasteiger partial charge is 0.318 e. The maximum absolute atomic E-state index is 13.4. The van der Waals surface area contributed by atoms with Crippen molar-refractivity contribution in [3.8, 4) is 0 Å². The highest BCUT2D eigenvalue weighted by atomic mass is 19.1. The van der Waals surface area contributed by atoms with Crippen LogP contribution in [0.15, 0.2) is 42.5 Å². The average Bonchev–Trinajstić information content (AvgIpc) is 2.48. The molecule has 0 aliphatic rings. The maximum atomic E-state index is 13.4. The summed E-state index contributed by atoms with van der Waals surface area (Å²) in [4.78, 5) is 14.4. The zero-order chi connectivity index (χ0) is 17.0.